The van der Waals surface area contributed by atoms with Crippen molar-refractivity contribution < 1.29 is 13.9 Å². The van der Waals surface area contributed by atoms with E-state index in [2.05, 4.69) is 10.1 Å². The zero-order chi connectivity index (χ0) is 22.1. The zero-order valence-electron chi connectivity index (χ0n) is 18.0. The molecule has 0 N–H and O–H groups in total. The van der Waals surface area contributed by atoms with Crippen molar-refractivity contribution in [3.05, 3.63) is 52.6 Å². The number of carbonyl (C=O) groups is 1. The number of esters is 1. The maximum absolute atomic E-state index is 14.3. The first kappa shape index (κ1) is 24.4. The summed E-state index contributed by atoms with van der Waals surface area (Å²) < 4.78 is 20.7. The second-order valence-corrected chi connectivity index (χ2v) is 5.81. The van der Waals surface area contributed by atoms with E-state index in [1.54, 1.807) is 31.0 Å². The van der Waals surface area contributed by atoms with E-state index in [0.29, 0.717) is 17.2 Å². The van der Waals surface area contributed by atoms with Gasteiger partial charge in [0, 0.05) is 19.2 Å². The zero-order valence-corrected chi connectivity index (χ0v) is 18.7. The summed E-state index contributed by atoms with van der Waals surface area (Å²) >= 11 is 6.10. The van der Waals surface area contributed by atoms with E-state index in [9.17, 15) is 9.18 Å². The van der Waals surface area contributed by atoms with Crippen LogP contribution in [-0.4, -0.2) is 34.2 Å². The van der Waals surface area contributed by atoms with E-state index in [4.69, 9.17) is 16.3 Å². The van der Waals surface area contributed by atoms with Crippen molar-refractivity contribution in [1.82, 2.24) is 14.6 Å². The van der Waals surface area contributed by atoms with Crippen molar-refractivity contribution in [3.63, 3.8) is 0 Å². The van der Waals surface area contributed by atoms with Crippen LogP contribution in [0.3, 0.4) is 0 Å². The molecule has 2 aromatic heterocycles. The lowest BCUT2D eigenvalue weighted by atomic mass is 10.2. The molecule has 0 aliphatic carbocycles. The third-order valence-corrected chi connectivity index (χ3v) is 3.92. The number of para-hydroxylation sites is 1. The highest BCUT2D eigenvalue weighted by molar-refractivity contribution is 6.29. The first-order valence-electron chi connectivity index (χ1n) is 9.64. The molecule has 1 aromatic carbocycles. The largest absolute Gasteiger partial charge is 0.461 e. The van der Waals surface area contributed by atoms with Crippen molar-refractivity contribution >= 4 is 34.7 Å². The second-order valence-electron chi connectivity index (χ2n) is 5.42. The fourth-order valence-corrected chi connectivity index (χ4v) is 2.82. The lowest BCUT2D eigenvalue weighted by Gasteiger charge is -2.22. The molecule has 0 unspecified atom stereocenters. The Balaban J connectivity index is 0.000000989. The van der Waals surface area contributed by atoms with Crippen molar-refractivity contribution in [2.24, 2.45) is 0 Å². The minimum atomic E-state index is -0.556. The van der Waals surface area contributed by atoms with E-state index in [1.165, 1.54) is 16.6 Å². The summed E-state index contributed by atoms with van der Waals surface area (Å²) in [6, 6.07) is 7.87. The van der Waals surface area contributed by atoms with Gasteiger partial charge in [0.05, 0.1) is 12.3 Å². The van der Waals surface area contributed by atoms with Crippen molar-refractivity contribution in [2.45, 2.75) is 41.5 Å². The quantitative estimate of drug-likeness (QED) is 0.391. The summed E-state index contributed by atoms with van der Waals surface area (Å²) in [7, 11) is 1.70. The number of fused-ring (bicyclic) bond motifs is 1. The summed E-state index contributed by atoms with van der Waals surface area (Å²) in [6.45, 7) is 11.8. The van der Waals surface area contributed by atoms with E-state index in [0.717, 1.165) is 5.56 Å². The highest BCUT2D eigenvalue weighted by atomic mass is 35.5. The highest BCUT2D eigenvalue weighted by Crippen LogP contribution is 2.31. The molecule has 8 heteroatoms. The highest BCUT2D eigenvalue weighted by Gasteiger charge is 2.20. The summed E-state index contributed by atoms with van der Waals surface area (Å²) in [5.74, 6) is -0.458. The smallest absolute Gasteiger partial charge is 0.358 e. The number of hydrogen-bond acceptors (Lipinski definition) is 5. The van der Waals surface area contributed by atoms with Gasteiger partial charge in [0.25, 0.3) is 0 Å². The van der Waals surface area contributed by atoms with Gasteiger partial charge in [-0.25, -0.2) is 14.2 Å². The number of benzene rings is 1. The van der Waals surface area contributed by atoms with Crippen LogP contribution in [0.1, 0.15) is 50.7 Å². The fraction of sp³-hybridized carbons (Fsp3) is 0.381. The van der Waals surface area contributed by atoms with Crippen LogP contribution in [0.4, 0.5) is 15.9 Å². The van der Waals surface area contributed by atoms with Crippen LogP contribution >= 0.6 is 11.6 Å². The van der Waals surface area contributed by atoms with Gasteiger partial charge >= 0.3 is 5.97 Å². The summed E-state index contributed by atoms with van der Waals surface area (Å²) in [6.07, 6.45) is 0. The molecule has 0 saturated carbocycles. The lowest BCUT2D eigenvalue weighted by molar-refractivity contribution is 0.0519. The van der Waals surface area contributed by atoms with Crippen LogP contribution < -0.4 is 4.90 Å². The molecule has 3 rings (SSSR count). The van der Waals surface area contributed by atoms with Crippen molar-refractivity contribution in [1.29, 1.82) is 0 Å². The third kappa shape index (κ3) is 5.44. The molecule has 158 valence electrons. The molecule has 0 amide bonds. The van der Waals surface area contributed by atoms with Gasteiger partial charge in [-0.2, -0.15) is 9.61 Å². The van der Waals surface area contributed by atoms with Gasteiger partial charge in [-0.15, -0.1) is 0 Å². The monoisotopic (exact) mass is 422 g/mol. The summed E-state index contributed by atoms with van der Waals surface area (Å²) in [4.78, 5) is 17.7. The standard InChI is InChI=1S/C17H16ClFN4O2.2C2H6/c1-4-25-17(24)12-8-14-20-13(18)9-15(23(14)21-12)22(3)16-10(2)6-5-7-11(16)19;2*1-2/h5-9H,4H2,1-3H3;2*1-2H3. The molecule has 0 bridgehead atoms. The lowest BCUT2D eigenvalue weighted by Crippen LogP contribution is -2.17. The van der Waals surface area contributed by atoms with E-state index >= 15 is 0 Å². The minimum Gasteiger partial charge on any atom is -0.461 e. The van der Waals surface area contributed by atoms with E-state index in [1.807, 2.05) is 40.7 Å². The normalized spacial score (nSPS) is 9.83. The average molecular weight is 423 g/mol. The van der Waals surface area contributed by atoms with Gasteiger partial charge < -0.3 is 9.64 Å². The number of anilines is 2. The first-order valence-corrected chi connectivity index (χ1v) is 10.0. The number of aryl methyl sites for hydroxylation is 1. The predicted octanol–water partition coefficient (Wildman–Crippen LogP) is 5.83. The van der Waals surface area contributed by atoms with Gasteiger partial charge in [0.2, 0.25) is 0 Å². The SMILES string of the molecule is CC.CC.CCOC(=O)c1cc2nc(Cl)cc(N(C)c3c(C)cccc3F)n2n1. The summed E-state index contributed by atoms with van der Waals surface area (Å²) in [5, 5.41) is 4.44. The predicted molar refractivity (Wildman–Crippen MR) is 116 cm³/mol. The van der Waals surface area contributed by atoms with Gasteiger partial charge in [-0.05, 0) is 25.5 Å². The van der Waals surface area contributed by atoms with Crippen LogP contribution in [0.5, 0.6) is 0 Å². The maximum Gasteiger partial charge on any atom is 0.358 e. The molecule has 0 aliphatic rings. The Morgan fingerprint density at radius 2 is 1.90 bits per heavy atom. The summed E-state index contributed by atoms with van der Waals surface area (Å²) in [5.41, 5.74) is 1.61. The molecule has 0 radical (unpaired) electrons. The van der Waals surface area contributed by atoms with Gasteiger partial charge in [0.15, 0.2) is 11.3 Å². The third-order valence-electron chi connectivity index (χ3n) is 3.73. The molecule has 2 heterocycles. The van der Waals surface area contributed by atoms with Gasteiger partial charge in [-0.1, -0.05) is 51.4 Å². The number of carbonyl (C=O) groups excluding carboxylic acids is 1. The van der Waals surface area contributed by atoms with Gasteiger partial charge in [0.1, 0.15) is 16.8 Å². The van der Waals surface area contributed by atoms with Crippen LogP contribution in [0, 0.1) is 12.7 Å². The average Bonchev–Trinajstić information content (AvgIpc) is 3.14. The molecule has 3 aromatic rings. The van der Waals surface area contributed by atoms with E-state index < -0.39 is 5.97 Å². The topological polar surface area (TPSA) is 59.7 Å². The van der Waals surface area contributed by atoms with Crippen LogP contribution in [0.2, 0.25) is 5.15 Å². The fourth-order valence-electron chi connectivity index (χ4n) is 2.64. The molecular formula is C21H28ClFN4O2. The molecule has 0 saturated heterocycles. The molecule has 0 spiro atoms. The maximum atomic E-state index is 14.3. The molecule has 0 fully saturated rings. The molecule has 6 nitrogen and oxygen atoms in total. The Kier molecular flexibility index (Phi) is 9.55. The number of ether oxygens (including phenoxy) is 1. The Hall–Kier alpha value is -2.67. The van der Waals surface area contributed by atoms with Crippen LogP contribution in [-0.2, 0) is 4.74 Å². The Labute approximate surface area is 176 Å². The van der Waals surface area contributed by atoms with Crippen molar-refractivity contribution in [2.75, 3.05) is 18.6 Å². The van der Waals surface area contributed by atoms with Gasteiger partial charge in [-0.3, -0.25) is 0 Å². The number of halogens is 2. The van der Waals surface area contributed by atoms with Crippen LogP contribution in [0.15, 0.2) is 30.3 Å². The Morgan fingerprint density at radius 1 is 1.24 bits per heavy atom. The Morgan fingerprint density at radius 3 is 2.48 bits per heavy atom. The molecule has 29 heavy (non-hydrogen) atoms. The number of hydrogen-bond donors (Lipinski definition) is 0. The number of rotatable bonds is 4. The Bertz CT molecular complexity index is 939. The minimum absolute atomic E-state index is 0.108. The molecule has 0 atom stereocenters. The van der Waals surface area contributed by atoms with E-state index in [-0.39, 0.29) is 23.3 Å². The van der Waals surface area contributed by atoms with Crippen LogP contribution in [0.25, 0.3) is 5.65 Å². The molecular weight excluding hydrogens is 395 g/mol. The first-order chi connectivity index (χ1) is 13.9. The number of aromatic nitrogens is 3. The van der Waals surface area contributed by atoms with Crippen molar-refractivity contribution in [3.8, 4) is 0 Å². The second kappa shape index (κ2) is 11.4. The number of nitrogens with zero attached hydrogens (tertiary/aromatic N) is 4. The molecule has 0 aliphatic heterocycles.